The predicted molar refractivity (Wildman–Crippen MR) is 93.2 cm³/mol. The van der Waals surface area contributed by atoms with Crippen LogP contribution in [0.4, 0.5) is 4.79 Å². The summed E-state index contributed by atoms with van der Waals surface area (Å²) >= 11 is 0. The third kappa shape index (κ3) is 5.33. The van der Waals surface area contributed by atoms with Gasteiger partial charge in [0.15, 0.2) is 0 Å². The summed E-state index contributed by atoms with van der Waals surface area (Å²) in [4.78, 5) is 14.3. The fourth-order valence-corrected chi connectivity index (χ4v) is 3.66. The van der Waals surface area contributed by atoms with Crippen molar-refractivity contribution >= 4 is 6.09 Å². The molecule has 6 nitrogen and oxygen atoms in total. The van der Waals surface area contributed by atoms with Crippen LogP contribution in [-0.2, 0) is 14.2 Å². The summed E-state index contributed by atoms with van der Waals surface area (Å²) < 4.78 is 16.7. The molecule has 1 N–H and O–H groups in total. The average Bonchev–Trinajstić information content (AvgIpc) is 2.89. The van der Waals surface area contributed by atoms with Crippen molar-refractivity contribution in [2.24, 2.45) is 5.41 Å². The Hall–Kier alpha value is -0.850. The Morgan fingerprint density at radius 1 is 1.42 bits per heavy atom. The second-order valence-corrected chi connectivity index (χ2v) is 8.29. The van der Waals surface area contributed by atoms with Crippen LogP contribution in [0.2, 0.25) is 0 Å². The Bertz CT molecular complexity index is 420. The first-order chi connectivity index (χ1) is 11.2. The van der Waals surface area contributed by atoms with Crippen molar-refractivity contribution in [1.29, 1.82) is 0 Å². The normalized spacial score (nSPS) is 31.3. The SMILES string of the molecule is COCC1(CNC2CCOC2C)CCCN(C(=O)OC(C)(C)C)C1. The Morgan fingerprint density at radius 2 is 2.17 bits per heavy atom. The molecule has 0 aromatic heterocycles. The second kappa shape index (κ2) is 8.02. The van der Waals surface area contributed by atoms with Gasteiger partial charge >= 0.3 is 6.09 Å². The molecule has 1 amide bonds. The van der Waals surface area contributed by atoms with Crippen molar-refractivity contribution < 1.29 is 19.0 Å². The zero-order chi connectivity index (χ0) is 17.8. The highest BCUT2D eigenvalue weighted by atomic mass is 16.6. The fourth-order valence-electron chi connectivity index (χ4n) is 3.66. The fraction of sp³-hybridized carbons (Fsp3) is 0.944. The third-order valence-electron chi connectivity index (χ3n) is 4.88. The molecule has 2 aliphatic heterocycles. The highest BCUT2D eigenvalue weighted by Crippen LogP contribution is 2.31. The van der Waals surface area contributed by atoms with Gasteiger partial charge in [-0.25, -0.2) is 4.79 Å². The van der Waals surface area contributed by atoms with E-state index >= 15 is 0 Å². The summed E-state index contributed by atoms with van der Waals surface area (Å²) in [6, 6.07) is 0.385. The number of nitrogens with one attached hydrogen (secondary N) is 1. The number of ether oxygens (including phenoxy) is 3. The molecule has 3 unspecified atom stereocenters. The number of hydrogen-bond acceptors (Lipinski definition) is 5. The van der Waals surface area contributed by atoms with Crippen LogP contribution in [0.1, 0.15) is 47.0 Å². The van der Waals surface area contributed by atoms with Gasteiger partial charge in [0.05, 0.1) is 12.7 Å². The van der Waals surface area contributed by atoms with Crippen LogP contribution < -0.4 is 5.32 Å². The number of likely N-dealkylation sites (tertiary alicyclic amines) is 1. The van der Waals surface area contributed by atoms with Gasteiger partial charge in [0.25, 0.3) is 0 Å². The van der Waals surface area contributed by atoms with E-state index in [1.54, 1.807) is 7.11 Å². The largest absolute Gasteiger partial charge is 0.444 e. The van der Waals surface area contributed by atoms with Crippen molar-refractivity contribution in [3.05, 3.63) is 0 Å². The van der Waals surface area contributed by atoms with E-state index < -0.39 is 5.60 Å². The van der Waals surface area contributed by atoms with Crippen molar-refractivity contribution in [3.63, 3.8) is 0 Å². The quantitative estimate of drug-likeness (QED) is 0.831. The van der Waals surface area contributed by atoms with Crippen molar-refractivity contribution in [3.8, 4) is 0 Å². The van der Waals surface area contributed by atoms with E-state index in [9.17, 15) is 4.79 Å². The number of piperidine rings is 1. The van der Waals surface area contributed by atoms with Gasteiger partial charge in [-0.2, -0.15) is 0 Å². The Morgan fingerprint density at radius 3 is 2.75 bits per heavy atom. The summed E-state index contributed by atoms with van der Waals surface area (Å²) in [6.45, 7) is 11.5. The van der Waals surface area contributed by atoms with Crippen molar-refractivity contribution in [2.45, 2.75) is 64.7 Å². The van der Waals surface area contributed by atoms with Crippen LogP contribution >= 0.6 is 0 Å². The Balaban J connectivity index is 1.98. The molecule has 0 spiro atoms. The van der Waals surface area contributed by atoms with Gasteiger partial charge in [-0.3, -0.25) is 0 Å². The maximum atomic E-state index is 12.4. The van der Waals surface area contributed by atoms with Crippen LogP contribution in [0.5, 0.6) is 0 Å². The first kappa shape index (κ1) is 19.5. The zero-order valence-electron chi connectivity index (χ0n) is 15.9. The summed E-state index contributed by atoms with van der Waals surface area (Å²) in [5.74, 6) is 0. The molecule has 6 heteroatoms. The van der Waals surface area contributed by atoms with Gasteiger partial charge in [0.1, 0.15) is 5.60 Å². The number of methoxy groups -OCH3 is 1. The monoisotopic (exact) mass is 342 g/mol. The van der Waals surface area contributed by atoms with Gasteiger partial charge in [-0.15, -0.1) is 0 Å². The Kier molecular flexibility index (Phi) is 6.51. The lowest BCUT2D eigenvalue weighted by atomic mass is 9.80. The Labute approximate surface area is 146 Å². The van der Waals surface area contributed by atoms with Crippen LogP contribution in [0.25, 0.3) is 0 Å². The minimum absolute atomic E-state index is 0.0633. The minimum atomic E-state index is -0.465. The molecular weight excluding hydrogens is 308 g/mol. The average molecular weight is 342 g/mol. The lowest BCUT2D eigenvalue weighted by molar-refractivity contribution is -0.0169. The van der Waals surface area contributed by atoms with Crippen molar-refractivity contribution in [1.82, 2.24) is 10.2 Å². The molecule has 0 aromatic rings. The highest BCUT2D eigenvalue weighted by Gasteiger charge is 2.39. The number of hydrogen-bond donors (Lipinski definition) is 1. The van der Waals surface area contributed by atoms with Crippen LogP contribution in [-0.4, -0.2) is 68.7 Å². The summed E-state index contributed by atoms with van der Waals surface area (Å²) in [7, 11) is 1.73. The van der Waals surface area contributed by atoms with E-state index in [1.165, 1.54) is 0 Å². The molecule has 140 valence electrons. The smallest absolute Gasteiger partial charge is 0.410 e. The zero-order valence-corrected chi connectivity index (χ0v) is 15.9. The lowest BCUT2D eigenvalue weighted by Gasteiger charge is -2.43. The third-order valence-corrected chi connectivity index (χ3v) is 4.88. The number of nitrogens with zero attached hydrogens (tertiary/aromatic N) is 1. The highest BCUT2D eigenvalue weighted by molar-refractivity contribution is 5.68. The molecule has 0 radical (unpaired) electrons. The molecule has 24 heavy (non-hydrogen) atoms. The first-order valence-corrected chi connectivity index (χ1v) is 9.07. The molecule has 2 rings (SSSR count). The van der Waals surface area contributed by atoms with Gasteiger partial charge in [0, 0.05) is 44.8 Å². The molecule has 2 aliphatic rings. The second-order valence-electron chi connectivity index (χ2n) is 8.29. The van der Waals surface area contributed by atoms with Gasteiger partial charge in [0.2, 0.25) is 0 Å². The van der Waals surface area contributed by atoms with Gasteiger partial charge in [-0.05, 0) is 47.0 Å². The van der Waals surface area contributed by atoms with E-state index in [0.717, 1.165) is 39.0 Å². The number of carbonyl (C=O) groups is 1. The molecule has 0 saturated carbocycles. The molecule has 2 fully saturated rings. The summed E-state index contributed by atoms with van der Waals surface area (Å²) in [5.41, 5.74) is -0.528. The van der Waals surface area contributed by atoms with Crippen molar-refractivity contribution in [2.75, 3.05) is 40.0 Å². The van der Waals surface area contributed by atoms with E-state index in [1.807, 2.05) is 25.7 Å². The van der Waals surface area contributed by atoms with E-state index in [2.05, 4.69) is 12.2 Å². The number of carbonyl (C=O) groups excluding carboxylic acids is 1. The first-order valence-electron chi connectivity index (χ1n) is 9.07. The van der Waals surface area contributed by atoms with E-state index in [0.29, 0.717) is 19.2 Å². The maximum absolute atomic E-state index is 12.4. The number of amides is 1. The lowest BCUT2D eigenvalue weighted by Crippen LogP contribution is -2.54. The summed E-state index contributed by atoms with van der Waals surface area (Å²) in [6.07, 6.45) is 3.09. The van der Waals surface area contributed by atoms with Gasteiger partial charge in [-0.1, -0.05) is 0 Å². The van der Waals surface area contributed by atoms with E-state index in [-0.39, 0.29) is 17.6 Å². The standard InChI is InChI=1S/C18H34N2O4/c1-14-15(7-10-23-14)19-11-18(13-22-5)8-6-9-20(12-18)16(21)24-17(2,3)4/h14-15,19H,6-13H2,1-5H3. The molecule has 3 atom stereocenters. The molecular formula is C18H34N2O4. The topological polar surface area (TPSA) is 60.0 Å². The summed E-state index contributed by atoms with van der Waals surface area (Å²) in [5, 5.41) is 3.65. The molecule has 2 heterocycles. The predicted octanol–water partition coefficient (Wildman–Crippen LogP) is 2.42. The minimum Gasteiger partial charge on any atom is -0.444 e. The molecule has 0 aliphatic carbocycles. The van der Waals surface area contributed by atoms with Gasteiger partial charge < -0.3 is 24.4 Å². The molecule has 2 saturated heterocycles. The molecule has 0 aromatic carbocycles. The van der Waals surface area contributed by atoms with Crippen LogP contribution in [0.15, 0.2) is 0 Å². The van der Waals surface area contributed by atoms with Crippen LogP contribution in [0.3, 0.4) is 0 Å². The molecule has 0 bridgehead atoms. The van der Waals surface area contributed by atoms with E-state index in [4.69, 9.17) is 14.2 Å². The maximum Gasteiger partial charge on any atom is 0.410 e. The van der Waals surface area contributed by atoms with Crippen LogP contribution in [0, 0.1) is 5.41 Å². The number of rotatable bonds is 5.